The largest absolute Gasteiger partial charge is 0.481 e. The summed E-state index contributed by atoms with van der Waals surface area (Å²) < 4.78 is 38.4. The van der Waals surface area contributed by atoms with Gasteiger partial charge in [0.15, 0.2) is 0 Å². The lowest BCUT2D eigenvalue weighted by Gasteiger charge is -2.72. The van der Waals surface area contributed by atoms with Crippen molar-refractivity contribution in [3.8, 4) is 0 Å². The Morgan fingerprint density at radius 2 is 1.59 bits per heavy atom. The molecular weight excluding hydrogens is 698 g/mol. The molecule has 0 amide bonds. The third kappa shape index (κ3) is 6.09. The summed E-state index contributed by atoms with van der Waals surface area (Å²) in [4.78, 5) is 12.0. The SMILES string of the molecule is C=C(C)[C@@H]1CC[C@]2(NCC[C@]3(O)CC[C@@H](S(C)(=O)=O)CC3)CC[C@]3(C)[C@H](CC[C@@H]4[C@@]5(C)CC=C(C6=CC[C@@](CF)(C(=O)O)CC6)C(C)(C)[C@@H]5CC[C@]43C)[C@@H]12. The molecule has 0 aliphatic heterocycles. The van der Waals surface area contributed by atoms with Crippen LogP contribution in [0, 0.1) is 56.7 Å². The van der Waals surface area contributed by atoms with Gasteiger partial charge in [-0.3, -0.25) is 4.79 Å². The molecule has 7 aliphatic carbocycles. The zero-order valence-corrected chi connectivity index (χ0v) is 35.5. The highest BCUT2D eigenvalue weighted by Gasteiger charge is 2.70. The molecule has 7 aliphatic rings. The molecule has 5 saturated carbocycles. The summed E-state index contributed by atoms with van der Waals surface area (Å²) in [6.07, 6.45) is 20.8. The third-order valence-electron chi connectivity index (χ3n) is 18.8. The number of rotatable bonds is 9. The topological polar surface area (TPSA) is 104 Å². The van der Waals surface area contributed by atoms with Gasteiger partial charge >= 0.3 is 5.97 Å². The minimum atomic E-state index is -3.07. The summed E-state index contributed by atoms with van der Waals surface area (Å²) in [7, 11) is -3.07. The predicted octanol–water partition coefficient (Wildman–Crippen LogP) is 9.78. The molecule has 0 spiro atoms. The molecule has 0 saturated heterocycles. The first-order valence-electron chi connectivity index (χ1n) is 21.6. The van der Waals surface area contributed by atoms with E-state index < -0.39 is 33.5 Å². The minimum Gasteiger partial charge on any atom is -0.481 e. The molecule has 0 aromatic heterocycles. The zero-order chi connectivity index (χ0) is 39.3. The first-order valence-corrected chi connectivity index (χ1v) is 23.6. The number of halogens is 1. The van der Waals surface area contributed by atoms with Gasteiger partial charge in [0, 0.05) is 11.8 Å². The van der Waals surface area contributed by atoms with E-state index in [9.17, 15) is 27.8 Å². The maximum Gasteiger partial charge on any atom is 0.312 e. The third-order valence-corrected chi connectivity index (χ3v) is 20.5. The van der Waals surface area contributed by atoms with Gasteiger partial charge in [0.2, 0.25) is 0 Å². The number of nitrogens with one attached hydrogen (secondary N) is 1. The standard InChI is InChI=1S/C46H72FNO5S/c1-30(2)33-15-24-46(48-28-27-45(51)22-13-32(14-23-45)54(8,52)53)26-25-42(6)35(38(33)46)9-10-37-41(5)18-16-34(40(3,4)36(41)17-19-43(37,42)7)31-11-20-44(29-47,21-12-31)39(49)50/h11,16,32-33,35-38,48,51H,1,9-10,12-15,17-29H2,2-8H3,(H,49,50)/t32-,33-,35+,36-,37+,38+,41-,42+,43+,44+,45+,46-/m0/s1. The van der Waals surface area contributed by atoms with Crippen molar-refractivity contribution in [1.29, 1.82) is 0 Å². The quantitative estimate of drug-likeness (QED) is 0.202. The van der Waals surface area contributed by atoms with E-state index in [-0.39, 0.29) is 38.9 Å². The summed E-state index contributed by atoms with van der Waals surface area (Å²) in [6.45, 7) is 19.7. The smallest absolute Gasteiger partial charge is 0.312 e. The fourth-order valence-corrected chi connectivity index (χ4v) is 16.6. The van der Waals surface area contributed by atoms with Crippen LogP contribution in [0.1, 0.15) is 151 Å². The van der Waals surface area contributed by atoms with Gasteiger partial charge in [-0.05, 0) is 185 Å². The molecule has 0 heterocycles. The highest BCUT2D eigenvalue weighted by atomic mass is 32.2. The van der Waals surface area contributed by atoms with Crippen molar-refractivity contribution >= 4 is 15.8 Å². The summed E-state index contributed by atoms with van der Waals surface area (Å²) in [5, 5.41) is 25.2. The summed E-state index contributed by atoms with van der Waals surface area (Å²) in [5.74, 6) is 1.79. The van der Waals surface area contributed by atoms with Crippen LogP contribution in [0.2, 0.25) is 0 Å². The van der Waals surface area contributed by atoms with Gasteiger partial charge in [-0.25, -0.2) is 12.8 Å². The molecule has 54 heavy (non-hydrogen) atoms. The number of carbonyl (C=O) groups is 1. The minimum absolute atomic E-state index is 0.0346. The van der Waals surface area contributed by atoms with Gasteiger partial charge in [0.05, 0.1) is 16.3 Å². The molecule has 6 nitrogen and oxygen atoms in total. The molecule has 0 aromatic carbocycles. The van der Waals surface area contributed by atoms with Crippen LogP contribution >= 0.6 is 0 Å². The summed E-state index contributed by atoms with van der Waals surface area (Å²) in [5.41, 5.74) is 2.54. The normalized spacial score (nSPS) is 47.3. The molecule has 0 bridgehead atoms. The van der Waals surface area contributed by atoms with Gasteiger partial charge in [-0.15, -0.1) is 0 Å². The average molecular weight is 770 g/mol. The molecule has 8 heteroatoms. The molecule has 3 N–H and O–H groups in total. The number of fused-ring (bicyclic) bond motifs is 7. The van der Waals surface area contributed by atoms with Crippen molar-refractivity contribution in [2.45, 2.75) is 167 Å². The average Bonchev–Trinajstić information content (AvgIpc) is 3.48. The Bertz CT molecular complexity index is 1690. The summed E-state index contributed by atoms with van der Waals surface area (Å²) >= 11 is 0. The Hall–Kier alpha value is -1.51. The molecule has 10 atom stereocenters. The van der Waals surface area contributed by atoms with E-state index in [0.29, 0.717) is 74.5 Å². The Morgan fingerprint density at radius 3 is 2.19 bits per heavy atom. The Labute approximate surface area is 326 Å². The van der Waals surface area contributed by atoms with Gasteiger partial charge < -0.3 is 15.5 Å². The molecule has 5 fully saturated rings. The van der Waals surface area contributed by atoms with Crippen LogP contribution in [0.15, 0.2) is 35.5 Å². The molecule has 7 rings (SSSR count). The molecule has 304 valence electrons. The zero-order valence-electron chi connectivity index (χ0n) is 34.7. The van der Waals surface area contributed by atoms with E-state index in [1.807, 2.05) is 0 Å². The van der Waals surface area contributed by atoms with Crippen molar-refractivity contribution < 1.29 is 27.8 Å². The molecule has 0 radical (unpaired) electrons. The second-order valence-corrected chi connectivity index (χ2v) is 23.8. The summed E-state index contributed by atoms with van der Waals surface area (Å²) in [6, 6.07) is 0. The van der Waals surface area contributed by atoms with Crippen LogP contribution in [0.5, 0.6) is 0 Å². The van der Waals surface area contributed by atoms with Crippen LogP contribution in [0.25, 0.3) is 0 Å². The van der Waals surface area contributed by atoms with Crippen LogP contribution in [-0.4, -0.2) is 60.5 Å². The predicted molar refractivity (Wildman–Crippen MR) is 215 cm³/mol. The highest BCUT2D eigenvalue weighted by molar-refractivity contribution is 7.91. The fourth-order valence-electron chi connectivity index (χ4n) is 15.5. The first kappa shape index (κ1) is 40.7. The number of alkyl halides is 1. The first-order chi connectivity index (χ1) is 25.1. The van der Waals surface area contributed by atoms with E-state index in [2.05, 4.69) is 65.6 Å². The second kappa shape index (κ2) is 13.5. The van der Waals surface area contributed by atoms with Crippen LogP contribution < -0.4 is 5.32 Å². The number of carboxylic acids is 1. The lowest BCUT2D eigenvalue weighted by Crippen LogP contribution is -2.68. The van der Waals surface area contributed by atoms with E-state index in [1.54, 1.807) is 0 Å². The van der Waals surface area contributed by atoms with Crippen molar-refractivity contribution in [3.05, 3.63) is 35.5 Å². The Balaban J connectivity index is 1.12. The van der Waals surface area contributed by atoms with Gasteiger partial charge in [0.25, 0.3) is 0 Å². The monoisotopic (exact) mass is 770 g/mol. The van der Waals surface area contributed by atoms with Crippen molar-refractivity contribution in [1.82, 2.24) is 5.32 Å². The number of sulfone groups is 1. The molecule has 0 aromatic rings. The lowest BCUT2D eigenvalue weighted by atomic mass is 9.33. The maximum atomic E-state index is 14.0. The van der Waals surface area contributed by atoms with Crippen molar-refractivity contribution in [2.75, 3.05) is 19.5 Å². The Morgan fingerprint density at radius 1 is 0.889 bits per heavy atom. The van der Waals surface area contributed by atoms with E-state index in [4.69, 9.17) is 0 Å². The number of allylic oxidation sites excluding steroid dienone is 5. The number of aliphatic hydroxyl groups is 1. The van der Waals surface area contributed by atoms with Gasteiger partial charge in [0.1, 0.15) is 16.5 Å². The number of hydrogen-bond acceptors (Lipinski definition) is 5. The van der Waals surface area contributed by atoms with Crippen molar-refractivity contribution in [3.63, 3.8) is 0 Å². The fraction of sp³-hybridized carbons (Fsp3) is 0.848. The molecule has 0 unspecified atom stereocenters. The second-order valence-electron chi connectivity index (χ2n) is 21.5. The van der Waals surface area contributed by atoms with Crippen LogP contribution in [0.4, 0.5) is 4.39 Å². The van der Waals surface area contributed by atoms with Gasteiger partial charge in [-0.2, -0.15) is 0 Å². The molecular formula is C46H72FNO5S. The van der Waals surface area contributed by atoms with E-state index in [1.165, 1.54) is 61.5 Å². The number of aliphatic carboxylic acids is 1. The van der Waals surface area contributed by atoms with Crippen molar-refractivity contribution in [2.24, 2.45) is 56.7 Å². The van der Waals surface area contributed by atoms with E-state index >= 15 is 0 Å². The Kier molecular flexibility index (Phi) is 10.2. The van der Waals surface area contributed by atoms with Crippen LogP contribution in [0.3, 0.4) is 0 Å². The maximum absolute atomic E-state index is 14.0. The number of carboxylic acid groups (broad SMARTS) is 1. The van der Waals surface area contributed by atoms with E-state index in [0.717, 1.165) is 25.8 Å². The van der Waals surface area contributed by atoms with Crippen LogP contribution in [-0.2, 0) is 14.6 Å². The highest BCUT2D eigenvalue weighted by Crippen LogP contribution is 2.76. The lowest BCUT2D eigenvalue weighted by molar-refractivity contribution is -0.221. The number of hydrogen-bond donors (Lipinski definition) is 3. The van der Waals surface area contributed by atoms with Gasteiger partial charge in [-0.1, -0.05) is 58.9 Å².